The Bertz CT molecular complexity index is 2220. The Morgan fingerprint density at radius 2 is 0.946 bits per heavy atom. The smallest absolute Gasteiger partial charge is 0.286 e. The average Bonchev–Trinajstić information content (AvgIpc) is 3.71. The van der Waals surface area contributed by atoms with Crippen molar-refractivity contribution in [1.82, 2.24) is 10.6 Å². The summed E-state index contributed by atoms with van der Waals surface area (Å²) in [5, 5.41) is 13.6. The van der Waals surface area contributed by atoms with Crippen LogP contribution in [0.2, 0.25) is 0 Å². The number of nitrogens with zero attached hydrogens (tertiary/aromatic N) is 2. The Balaban J connectivity index is 0.932. The molecular formula is C42H42N6O4S4+2. The first kappa shape index (κ1) is 40.4. The van der Waals surface area contributed by atoms with Crippen molar-refractivity contribution in [2.24, 2.45) is 0 Å². The standard InChI is InChI=1S/C42H40N6O4S4/c1-29(49)45-33-17-11-31(12-18-33)15-21-41-47(35-7-3-5-9-37(35)55-41)27-39(51)43-23-25-53-54-26-24-44-40(52)28-48-36-8-4-6-10-38(36)56-42(48)22-16-32-13-19-34(20-14-32)46-30(2)50/h3-22H,23-28H2,1-2H3,(H2,43,44,51,52)/p+2. The van der Waals surface area contributed by atoms with Gasteiger partial charge in [-0.1, -0.05) is 92.8 Å². The summed E-state index contributed by atoms with van der Waals surface area (Å²) in [6, 6.07) is 31.3. The van der Waals surface area contributed by atoms with Gasteiger partial charge in [-0.05, 0) is 59.7 Å². The summed E-state index contributed by atoms with van der Waals surface area (Å²) < 4.78 is 6.27. The lowest BCUT2D eigenvalue weighted by Gasteiger charge is -2.05. The first-order valence-electron chi connectivity index (χ1n) is 17.9. The van der Waals surface area contributed by atoms with E-state index in [4.69, 9.17) is 0 Å². The van der Waals surface area contributed by atoms with E-state index in [-0.39, 0.29) is 36.7 Å². The molecular weight excluding hydrogens is 781 g/mol. The molecule has 0 aliphatic rings. The molecule has 286 valence electrons. The quantitative estimate of drug-likeness (QED) is 0.0437. The third kappa shape index (κ3) is 11.6. The predicted molar refractivity (Wildman–Crippen MR) is 234 cm³/mol. The number of aromatic nitrogens is 2. The number of rotatable bonds is 17. The molecule has 2 heterocycles. The summed E-state index contributed by atoms with van der Waals surface area (Å²) in [4.78, 5) is 48.8. The number of amides is 4. The number of nitrogens with one attached hydrogen (secondary N) is 4. The molecule has 0 fully saturated rings. The number of carbonyl (C=O) groups is 4. The Kier molecular flexibility index (Phi) is 14.5. The summed E-state index contributed by atoms with van der Waals surface area (Å²) in [5.74, 6) is 1.14. The number of para-hydroxylation sites is 2. The van der Waals surface area contributed by atoms with Gasteiger partial charge in [0, 0.05) is 74.1 Å². The van der Waals surface area contributed by atoms with Crippen LogP contribution in [-0.2, 0) is 32.3 Å². The lowest BCUT2D eigenvalue weighted by atomic mass is 10.2. The highest BCUT2D eigenvalue weighted by molar-refractivity contribution is 8.76. The minimum absolute atomic E-state index is 0.0572. The zero-order valence-electron chi connectivity index (χ0n) is 31.0. The molecule has 56 heavy (non-hydrogen) atoms. The third-order valence-electron chi connectivity index (χ3n) is 8.27. The number of carbonyl (C=O) groups excluding carboxylic acids is 4. The van der Waals surface area contributed by atoms with Crippen LogP contribution in [0.15, 0.2) is 97.1 Å². The van der Waals surface area contributed by atoms with Crippen LogP contribution in [0.4, 0.5) is 11.4 Å². The van der Waals surface area contributed by atoms with Gasteiger partial charge in [0.05, 0.1) is 0 Å². The maximum absolute atomic E-state index is 13.0. The van der Waals surface area contributed by atoms with E-state index in [1.807, 2.05) is 118 Å². The van der Waals surface area contributed by atoms with Gasteiger partial charge in [-0.25, -0.2) is 0 Å². The lowest BCUT2D eigenvalue weighted by molar-refractivity contribution is -0.656. The number of hydrogen-bond donors (Lipinski definition) is 4. The van der Waals surface area contributed by atoms with E-state index < -0.39 is 0 Å². The number of benzene rings is 4. The van der Waals surface area contributed by atoms with Crippen molar-refractivity contribution < 1.29 is 28.3 Å². The molecule has 0 aliphatic carbocycles. The number of anilines is 2. The van der Waals surface area contributed by atoms with E-state index in [0.29, 0.717) is 13.1 Å². The van der Waals surface area contributed by atoms with Gasteiger partial charge in [-0.15, -0.1) is 0 Å². The zero-order valence-corrected chi connectivity index (χ0v) is 34.2. The first-order valence-corrected chi connectivity index (χ1v) is 22.1. The average molecular weight is 823 g/mol. The maximum atomic E-state index is 13.0. The van der Waals surface area contributed by atoms with E-state index in [0.717, 1.165) is 64.5 Å². The Hall–Kier alpha value is -5.28. The van der Waals surface area contributed by atoms with Crippen LogP contribution >= 0.6 is 44.3 Å². The Morgan fingerprint density at radius 3 is 1.34 bits per heavy atom. The van der Waals surface area contributed by atoms with Crippen molar-refractivity contribution in [1.29, 1.82) is 0 Å². The fourth-order valence-corrected chi connectivity index (χ4v) is 9.70. The van der Waals surface area contributed by atoms with E-state index >= 15 is 0 Å². The highest BCUT2D eigenvalue weighted by Gasteiger charge is 2.22. The molecule has 0 radical (unpaired) electrons. The van der Waals surface area contributed by atoms with Crippen LogP contribution < -0.4 is 30.4 Å². The lowest BCUT2D eigenvalue weighted by Crippen LogP contribution is -2.44. The van der Waals surface area contributed by atoms with E-state index in [2.05, 4.69) is 33.4 Å². The normalized spacial score (nSPS) is 11.4. The molecule has 0 aliphatic heterocycles. The van der Waals surface area contributed by atoms with E-state index in [1.54, 1.807) is 44.3 Å². The Labute approximate surface area is 341 Å². The summed E-state index contributed by atoms with van der Waals surface area (Å²) in [6.07, 6.45) is 8.05. The van der Waals surface area contributed by atoms with Gasteiger partial charge in [0.25, 0.3) is 21.8 Å². The second-order valence-electron chi connectivity index (χ2n) is 12.6. The molecule has 10 nitrogen and oxygen atoms in total. The maximum Gasteiger partial charge on any atom is 0.286 e. The summed E-state index contributed by atoms with van der Waals surface area (Å²) in [6.45, 7) is 4.45. The fraction of sp³-hybridized carbons (Fsp3) is 0.190. The van der Waals surface area contributed by atoms with Gasteiger partial charge in [-0.3, -0.25) is 19.2 Å². The van der Waals surface area contributed by atoms with Crippen molar-refractivity contribution >= 4 is 124 Å². The van der Waals surface area contributed by atoms with E-state index in [1.165, 1.54) is 13.8 Å². The highest BCUT2D eigenvalue weighted by Crippen LogP contribution is 2.24. The summed E-state index contributed by atoms with van der Waals surface area (Å²) in [7, 11) is 3.33. The van der Waals surface area contributed by atoms with Gasteiger partial charge in [0.2, 0.25) is 35.9 Å². The van der Waals surface area contributed by atoms with Crippen molar-refractivity contribution in [3.63, 3.8) is 0 Å². The predicted octanol–water partition coefficient (Wildman–Crippen LogP) is 7.26. The monoisotopic (exact) mass is 822 g/mol. The molecule has 4 N–H and O–H groups in total. The van der Waals surface area contributed by atoms with Crippen molar-refractivity contribution in [3.8, 4) is 0 Å². The molecule has 0 atom stereocenters. The molecule has 0 bridgehead atoms. The second-order valence-corrected chi connectivity index (χ2v) is 17.4. The summed E-state index contributed by atoms with van der Waals surface area (Å²) >= 11 is 3.26. The van der Waals surface area contributed by atoms with Crippen LogP contribution in [0.1, 0.15) is 35.0 Å². The molecule has 0 saturated carbocycles. The van der Waals surface area contributed by atoms with Crippen molar-refractivity contribution in [2.75, 3.05) is 35.2 Å². The van der Waals surface area contributed by atoms with Gasteiger partial charge < -0.3 is 21.3 Å². The van der Waals surface area contributed by atoms with Crippen LogP contribution in [0.3, 0.4) is 0 Å². The van der Waals surface area contributed by atoms with Crippen molar-refractivity contribution in [2.45, 2.75) is 26.9 Å². The van der Waals surface area contributed by atoms with Crippen LogP contribution in [-0.4, -0.2) is 48.2 Å². The fourth-order valence-electron chi connectivity index (χ4n) is 5.76. The molecule has 4 amide bonds. The van der Waals surface area contributed by atoms with Crippen LogP contribution in [0, 0.1) is 0 Å². The third-order valence-corrected chi connectivity index (χ3v) is 12.9. The second kappa shape index (κ2) is 20.1. The summed E-state index contributed by atoms with van der Waals surface area (Å²) in [5.41, 5.74) is 5.47. The highest BCUT2D eigenvalue weighted by atomic mass is 33.1. The van der Waals surface area contributed by atoms with E-state index in [9.17, 15) is 19.2 Å². The number of fused-ring (bicyclic) bond motifs is 2. The molecule has 0 spiro atoms. The number of thiazole rings is 2. The molecule has 0 unspecified atom stereocenters. The first-order chi connectivity index (χ1) is 27.2. The van der Waals surface area contributed by atoms with Crippen molar-refractivity contribution in [3.05, 3.63) is 118 Å². The van der Waals surface area contributed by atoms with Crippen LogP contribution in [0.5, 0.6) is 0 Å². The zero-order chi connectivity index (χ0) is 39.3. The Morgan fingerprint density at radius 1 is 0.554 bits per heavy atom. The minimum Gasteiger partial charge on any atom is -0.350 e. The molecule has 2 aromatic heterocycles. The minimum atomic E-state index is -0.110. The largest absolute Gasteiger partial charge is 0.350 e. The SMILES string of the molecule is CC(=O)Nc1ccc(/C=C/c2sc3ccccc3[n+]2CC(=O)NCCSSCCNC(=O)C[n+]2c(/C=C/c3ccc(NC(C)=O)cc3)sc3ccccc32)cc1. The molecule has 0 saturated heterocycles. The molecule has 6 rings (SSSR count). The molecule has 6 aromatic rings. The molecule has 4 aromatic carbocycles. The van der Waals surface area contributed by atoms with Gasteiger partial charge in [0.1, 0.15) is 9.40 Å². The van der Waals surface area contributed by atoms with Gasteiger partial charge >= 0.3 is 0 Å². The van der Waals surface area contributed by atoms with Crippen LogP contribution in [0.25, 0.3) is 44.7 Å². The van der Waals surface area contributed by atoms with Gasteiger partial charge in [-0.2, -0.15) is 9.13 Å². The van der Waals surface area contributed by atoms with Gasteiger partial charge in [0.15, 0.2) is 0 Å². The number of hydrogen-bond acceptors (Lipinski definition) is 8. The topological polar surface area (TPSA) is 124 Å². The molecule has 14 heteroatoms.